The number of ether oxygens (including phenoxy) is 2. The molecule has 2 aromatic rings. The standard InChI is InChI=1S/C14H14N2O4S/c1-19-13-4-8(10-5-11(14(17)18)16-15-10)2-3-12(13)20-9-6-21-7-9/h2-5,9H,6-7H2,1H3,(H,15,16)(H,17,18). The van der Waals surface area contributed by atoms with Crippen LogP contribution in [0.2, 0.25) is 0 Å². The number of carboxylic acids is 1. The highest BCUT2D eigenvalue weighted by molar-refractivity contribution is 8.00. The molecule has 0 saturated carbocycles. The van der Waals surface area contributed by atoms with Crippen LogP contribution < -0.4 is 9.47 Å². The van der Waals surface area contributed by atoms with Gasteiger partial charge in [0.05, 0.1) is 12.8 Å². The van der Waals surface area contributed by atoms with E-state index >= 15 is 0 Å². The second-order valence-corrected chi connectivity index (χ2v) is 5.69. The van der Waals surface area contributed by atoms with Crippen molar-refractivity contribution in [3.05, 3.63) is 30.0 Å². The molecule has 0 atom stereocenters. The van der Waals surface area contributed by atoms with E-state index in [1.807, 2.05) is 23.9 Å². The molecule has 0 radical (unpaired) electrons. The third kappa shape index (κ3) is 2.82. The van der Waals surface area contributed by atoms with E-state index in [-0.39, 0.29) is 11.8 Å². The second kappa shape index (κ2) is 5.69. The number of aromatic amines is 1. The molecule has 1 fully saturated rings. The van der Waals surface area contributed by atoms with Crippen molar-refractivity contribution in [3.8, 4) is 22.8 Å². The quantitative estimate of drug-likeness (QED) is 0.881. The van der Waals surface area contributed by atoms with Gasteiger partial charge in [0.15, 0.2) is 11.5 Å². The zero-order valence-electron chi connectivity index (χ0n) is 11.3. The molecular formula is C14H14N2O4S. The first-order chi connectivity index (χ1) is 10.2. The Hall–Kier alpha value is -2.15. The Morgan fingerprint density at radius 2 is 2.19 bits per heavy atom. The Bertz CT molecular complexity index is 667. The highest BCUT2D eigenvalue weighted by atomic mass is 32.2. The minimum atomic E-state index is -1.04. The molecule has 1 aliphatic heterocycles. The molecule has 0 aliphatic carbocycles. The predicted octanol–water partition coefficient (Wildman–Crippen LogP) is 2.28. The fraction of sp³-hybridized carbons (Fsp3) is 0.286. The third-order valence-corrected chi connectivity index (χ3v) is 4.38. The molecule has 2 N–H and O–H groups in total. The lowest BCUT2D eigenvalue weighted by molar-refractivity contribution is 0.0690. The summed E-state index contributed by atoms with van der Waals surface area (Å²) in [6, 6.07) is 6.95. The van der Waals surface area contributed by atoms with Gasteiger partial charge in [0.1, 0.15) is 11.8 Å². The smallest absolute Gasteiger partial charge is 0.353 e. The molecule has 0 amide bonds. The van der Waals surface area contributed by atoms with Crippen LogP contribution in [0, 0.1) is 0 Å². The molecular weight excluding hydrogens is 292 g/mol. The van der Waals surface area contributed by atoms with E-state index in [1.165, 1.54) is 6.07 Å². The summed E-state index contributed by atoms with van der Waals surface area (Å²) < 4.78 is 11.2. The Morgan fingerprint density at radius 3 is 2.76 bits per heavy atom. The van der Waals surface area contributed by atoms with E-state index in [4.69, 9.17) is 14.6 Å². The zero-order chi connectivity index (χ0) is 14.8. The van der Waals surface area contributed by atoms with Crippen molar-refractivity contribution in [2.75, 3.05) is 18.6 Å². The van der Waals surface area contributed by atoms with Gasteiger partial charge < -0.3 is 14.6 Å². The van der Waals surface area contributed by atoms with Gasteiger partial charge in [-0.1, -0.05) is 0 Å². The van der Waals surface area contributed by atoms with Crippen LogP contribution in [-0.4, -0.2) is 46.0 Å². The molecule has 0 unspecified atom stereocenters. The maximum absolute atomic E-state index is 10.9. The molecule has 21 heavy (non-hydrogen) atoms. The number of carbonyl (C=O) groups is 1. The van der Waals surface area contributed by atoms with Crippen LogP contribution in [0.15, 0.2) is 24.3 Å². The Kier molecular flexibility index (Phi) is 3.74. The van der Waals surface area contributed by atoms with Crippen molar-refractivity contribution in [2.24, 2.45) is 0 Å². The van der Waals surface area contributed by atoms with Crippen LogP contribution in [-0.2, 0) is 0 Å². The summed E-state index contributed by atoms with van der Waals surface area (Å²) in [4.78, 5) is 10.9. The summed E-state index contributed by atoms with van der Waals surface area (Å²) >= 11 is 1.85. The summed E-state index contributed by atoms with van der Waals surface area (Å²) in [7, 11) is 1.58. The zero-order valence-corrected chi connectivity index (χ0v) is 12.1. The summed E-state index contributed by atoms with van der Waals surface area (Å²) in [5, 5.41) is 15.4. The summed E-state index contributed by atoms with van der Waals surface area (Å²) in [5.74, 6) is 2.26. The molecule has 1 aromatic carbocycles. The van der Waals surface area contributed by atoms with Gasteiger partial charge in [0.25, 0.3) is 0 Å². The van der Waals surface area contributed by atoms with Crippen molar-refractivity contribution in [2.45, 2.75) is 6.10 Å². The van der Waals surface area contributed by atoms with Crippen molar-refractivity contribution in [1.82, 2.24) is 10.2 Å². The van der Waals surface area contributed by atoms with Crippen LogP contribution in [0.4, 0.5) is 0 Å². The van der Waals surface area contributed by atoms with Crippen LogP contribution in [0.25, 0.3) is 11.3 Å². The molecule has 6 nitrogen and oxygen atoms in total. The lowest BCUT2D eigenvalue weighted by atomic mass is 10.1. The van der Waals surface area contributed by atoms with Gasteiger partial charge in [-0.2, -0.15) is 16.9 Å². The van der Waals surface area contributed by atoms with Crippen LogP contribution in [0.3, 0.4) is 0 Å². The summed E-state index contributed by atoms with van der Waals surface area (Å²) in [6.07, 6.45) is 0.235. The molecule has 7 heteroatoms. The van der Waals surface area contributed by atoms with Crippen LogP contribution in [0.1, 0.15) is 10.5 Å². The number of hydrogen-bond donors (Lipinski definition) is 2. The number of thioether (sulfide) groups is 1. The number of methoxy groups -OCH3 is 1. The number of rotatable bonds is 5. The van der Waals surface area contributed by atoms with Crippen molar-refractivity contribution >= 4 is 17.7 Å². The van der Waals surface area contributed by atoms with Crippen LogP contribution in [0.5, 0.6) is 11.5 Å². The Morgan fingerprint density at radius 1 is 1.38 bits per heavy atom. The number of H-pyrrole nitrogens is 1. The highest BCUT2D eigenvalue weighted by Gasteiger charge is 2.21. The lowest BCUT2D eigenvalue weighted by Crippen LogP contribution is -2.31. The third-order valence-electron chi connectivity index (χ3n) is 3.17. The average molecular weight is 306 g/mol. The minimum absolute atomic E-state index is 0.0517. The fourth-order valence-corrected chi connectivity index (χ4v) is 2.53. The van der Waals surface area contributed by atoms with Crippen molar-refractivity contribution in [3.63, 3.8) is 0 Å². The molecule has 1 aliphatic rings. The summed E-state index contributed by atoms with van der Waals surface area (Å²) in [6.45, 7) is 0. The molecule has 2 heterocycles. The topological polar surface area (TPSA) is 84.4 Å². The maximum Gasteiger partial charge on any atom is 0.353 e. The number of aromatic carboxylic acids is 1. The largest absolute Gasteiger partial charge is 0.493 e. The normalized spacial score (nSPS) is 14.5. The molecule has 1 aromatic heterocycles. The number of nitrogens with zero attached hydrogens (tertiary/aromatic N) is 1. The number of benzene rings is 1. The Labute approximate surface area is 125 Å². The van der Waals surface area contributed by atoms with Gasteiger partial charge >= 0.3 is 5.97 Å². The number of carboxylic acid groups (broad SMARTS) is 1. The van der Waals surface area contributed by atoms with Gasteiger partial charge in [0.2, 0.25) is 0 Å². The first kappa shape index (κ1) is 13.8. The molecule has 0 bridgehead atoms. The Balaban J connectivity index is 1.86. The van der Waals surface area contributed by atoms with E-state index in [0.29, 0.717) is 17.2 Å². The van der Waals surface area contributed by atoms with Gasteiger partial charge in [0, 0.05) is 17.1 Å². The van der Waals surface area contributed by atoms with Crippen molar-refractivity contribution < 1.29 is 19.4 Å². The van der Waals surface area contributed by atoms with E-state index in [0.717, 1.165) is 17.1 Å². The van der Waals surface area contributed by atoms with Gasteiger partial charge in [-0.3, -0.25) is 5.10 Å². The first-order valence-electron chi connectivity index (χ1n) is 6.39. The van der Waals surface area contributed by atoms with E-state index < -0.39 is 5.97 Å². The van der Waals surface area contributed by atoms with Gasteiger partial charge in [-0.25, -0.2) is 4.79 Å². The molecule has 0 spiro atoms. The van der Waals surface area contributed by atoms with E-state index in [1.54, 1.807) is 13.2 Å². The molecule has 3 rings (SSSR count). The predicted molar refractivity (Wildman–Crippen MR) is 79.3 cm³/mol. The molecule has 1 saturated heterocycles. The first-order valence-corrected chi connectivity index (χ1v) is 7.54. The summed E-state index contributed by atoms with van der Waals surface area (Å²) in [5.41, 5.74) is 1.37. The number of nitrogens with one attached hydrogen (secondary N) is 1. The average Bonchev–Trinajstić information content (AvgIpc) is 2.92. The van der Waals surface area contributed by atoms with Gasteiger partial charge in [-0.15, -0.1) is 0 Å². The second-order valence-electron chi connectivity index (χ2n) is 4.61. The maximum atomic E-state index is 10.9. The van der Waals surface area contributed by atoms with Crippen molar-refractivity contribution in [1.29, 1.82) is 0 Å². The monoisotopic (exact) mass is 306 g/mol. The van der Waals surface area contributed by atoms with E-state index in [2.05, 4.69) is 10.2 Å². The number of aromatic nitrogens is 2. The number of hydrogen-bond acceptors (Lipinski definition) is 5. The van der Waals surface area contributed by atoms with Gasteiger partial charge in [-0.05, 0) is 24.3 Å². The fourth-order valence-electron chi connectivity index (χ4n) is 1.97. The van der Waals surface area contributed by atoms with Crippen LogP contribution >= 0.6 is 11.8 Å². The minimum Gasteiger partial charge on any atom is -0.493 e. The highest BCUT2D eigenvalue weighted by Crippen LogP contribution is 2.34. The SMILES string of the molecule is COc1cc(-c2cc(C(=O)O)[nH]n2)ccc1OC1CSC1. The molecule has 110 valence electrons. The lowest BCUT2D eigenvalue weighted by Gasteiger charge is -2.26. The van der Waals surface area contributed by atoms with E-state index in [9.17, 15) is 4.79 Å².